The van der Waals surface area contributed by atoms with Gasteiger partial charge in [0.1, 0.15) is 10.7 Å². The summed E-state index contributed by atoms with van der Waals surface area (Å²) < 4.78 is 40.2. The van der Waals surface area contributed by atoms with Crippen molar-refractivity contribution in [2.75, 3.05) is 0 Å². The summed E-state index contributed by atoms with van der Waals surface area (Å²) in [6.45, 7) is 2.03. The fraction of sp³-hybridized carbons (Fsp3) is 0.200. The minimum Gasteiger partial charge on any atom is -0.422 e. The minimum atomic E-state index is -4.21. The summed E-state index contributed by atoms with van der Waals surface area (Å²) in [7, 11) is -5.93. The van der Waals surface area contributed by atoms with Crippen molar-refractivity contribution in [1.82, 2.24) is 14.8 Å². The van der Waals surface area contributed by atoms with Crippen LogP contribution in [0.2, 0.25) is 0 Å². The quantitative estimate of drug-likeness (QED) is 0.176. The predicted octanol–water partition coefficient (Wildman–Crippen LogP) is 3.78. The molecule has 0 spiro atoms. The Hall–Kier alpha value is -3.64. The highest BCUT2D eigenvalue weighted by Gasteiger charge is 2.29. The van der Waals surface area contributed by atoms with Crippen LogP contribution in [0.25, 0.3) is 16.4 Å². The number of thiazole rings is 1. The summed E-state index contributed by atoms with van der Waals surface area (Å²) in [6.07, 6.45) is 3.16. The van der Waals surface area contributed by atoms with Gasteiger partial charge in [0.2, 0.25) is 15.2 Å². The largest absolute Gasteiger partial charge is 0.509 e. The molecule has 5 aromatic rings. The lowest BCUT2D eigenvalue weighted by molar-refractivity contribution is 0.424. The van der Waals surface area contributed by atoms with Gasteiger partial charge in [-0.3, -0.25) is 0 Å². The van der Waals surface area contributed by atoms with Crippen LogP contribution in [0.4, 0.5) is 4.39 Å². The lowest BCUT2D eigenvalue weighted by atomic mass is 9.88. The number of aromatic nitrogens is 3. The van der Waals surface area contributed by atoms with Crippen LogP contribution in [-0.4, -0.2) is 40.3 Å². The first-order chi connectivity index (χ1) is 20.5. The number of nitrogens with two attached hydrogens (primary N) is 1. The molecule has 1 aliphatic carbocycles. The van der Waals surface area contributed by atoms with Crippen LogP contribution >= 0.6 is 22.7 Å². The molecule has 8 nitrogen and oxygen atoms in total. The van der Waals surface area contributed by atoms with Gasteiger partial charge in [-0.05, 0) is 74.1 Å². The van der Waals surface area contributed by atoms with E-state index in [2.05, 4.69) is 16.8 Å². The molecule has 3 heterocycles. The maximum atomic E-state index is 14.9. The zero-order valence-corrected chi connectivity index (χ0v) is 25.4. The topological polar surface area (TPSA) is 131 Å². The number of hydrogen-bond donors (Lipinski definition) is 3. The van der Waals surface area contributed by atoms with Crippen LogP contribution in [0.3, 0.4) is 0 Å². The Balaban J connectivity index is 1.50. The molecule has 1 aliphatic rings. The molecule has 1 saturated carbocycles. The Bertz CT molecular complexity index is 2000. The van der Waals surface area contributed by atoms with Crippen LogP contribution in [-0.2, 0) is 22.9 Å². The number of primary sulfonamides is 1. The summed E-state index contributed by atoms with van der Waals surface area (Å²) in [4.78, 5) is 6.01. The fourth-order valence-electron chi connectivity index (χ4n) is 4.84. The molecular weight excluding hydrogens is 606 g/mol. The molecule has 43 heavy (non-hydrogen) atoms. The van der Waals surface area contributed by atoms with Gasteiger partial charge in [0, 0.05) is 33.4 Å². The molecule has 4 N–H and O–H groups in total. The van der Waals surface area contributed by atoms with Gasteiger partial charge in [-0.1, -0.05) is 30.0 Å². The lowest BCUT2D eigenvalue weighted by Gasteiger charge is -2.11. The Morgan fingerprint density at radius 3 is 2.60 bits per heavy atom. The van der Waals surface area contributed by atoms with Crippen LogP contribution in [0, 0.1) is 30.5 Å². The Morgan fingerprint density at radius 1 is 1.14 bits per heavy atom. The van der Waals surface area contributed by atoms with E-state index in [0.717, 1.165) is 45.8 Å². The van der Waals surface area contributed by atoms with Crippen molar-refractivity contribution in [2.45, 2.75) is 37.5 Å². The van der Waals surface area contributed by atoms with E-state index in [1.807, 2.05) is 43.3 Å². The Labute approximate surface area is 256 Å². The molecular formula is C30H26BFN4O4S3. The van der Waals surface area contributed by atoms with Gasteiger partial charge in [0.15, 0.2) is 0 Å². The van der Waals surface area contributed by atoms with Gasteiger partial charge in [0.25, 0.3) is 0 Å². The van der Waals surface area contributed by atoms with Crippen LogP contribution in [0.15, 0.2) is 64.9 Å². The van der Waals surface area contributed by atoms with E-state index in [1.165, 1.54) is 28.3 Å². The molecule has 0 unspecified atom stereocenters. The fourth-order valence-corrected chi connectivity index (χ4v) is 6.94. The van der Waals surface area contributed by atoms with E-state index in [1.54, 1.807) is 27.5 Å². The second kappa shape index (κ2) is 11.8. The molecule has 0 amide bonds. The first kappa shape index (κ1) is 29.4. The van der Waals surface area contributed by atoms with Crippen molar-refractivity contribution >= 4 is 45.4 Å². The van der Waals surface area contributed by atoms with Crippen LogP contribution in [0.5, 0.6) is 0 Å². The summed E-state index contributed by atoms with van der Waals surface area (Å²) in [5, 5.41) is 31.6. The zero-order valence-electron chi connectivity index (χ0n) is 23.0. The van der Waals surface area contributed by atoms with Crippen LogP contribution in [0.1, 0.15) is 45.0 Å². The lowest BCUT2D eigenvalue weighted by Crippen LogP contribution is -2.30. The molecule has 218 valence electrons. The molecule has 0 saturated heterocycles. The third kappa shape index (κ3) is 6.65. The molecule has 13 heteroatoms. The number of nitrogens with zero attached hydrogens (tertiary/aromatic N) is 3. The summed E-state index contributed by atoms with van der Waals surface area (Å²) >= 11 is 2.85. The highest BCUT2D eigenvalue weighted by Crippen LogP contribution is 2.38. The smallest absolute Gasteiger partial charge is 0.422 e. The molecule has 1 fully saturated rings. The standard InChI is InChI=1S/C30H26BFN4O4S3/c1-18-5-10-23(42-18)11-8-19-3-2-4-22(13-19)29-24(14-21-9-12-27(25(32)15-21)43(33,39)40)26(16-20-6-7-20)35-36(29)30-34-28(17-41-30)31(37)38/h2-5,9-10,12-13,15,17,20,37-38H,6-7,14,16H2,1H3,(H2,33,39,40). The number of halogens is 1. The van der Waals surface area contributed by atoms with Gasteiger partial charge < -0.3 is 10.0 Å². The number of thiophene rings is 1. The maximum absolute atomic E-state index is 14.9. The van der Waals surface area contributed by atoms with Gasteiger partial charge >= 0.3 is 7.12 Å². The molecule has 6 rings (SSSR count). The van der Waals surface area contributed by atoms with Gasteiger partial charge in [0.05, 0.1) is 21.9 Å². The minimum absolute atomic E-state index is 0.109. The summed E-state index contributed by atoms with van der Waals surface area (Å²) in [5.74, 6) is 6.03. The van der Waals surface area contributed by atoms with Crippen molar-refractivity contribution < 1.29 is 22.9 Å². The van der Waals surface area contributed by atoms with E-state index in [0.29, 0.717) is 23.0 Å². The number of hydrogen-bond acceptors (Lipinski definition) is 8. The monoisotopic (exact) mass is 632 g/mol. The molecule has 0 bridgehead atoms. The molecule has 0 atom stereocenters. The van der Waals surface area contributed by atoms with E-state index in [9.17, 15) is 22.9 Å². The van der Waals surface area contributed by atoms with Crippen molar-refractivity contribution in [2.24, 2.45) is 11.1 Å². The van der Waals surface area contributed by atoms with E-state index >= 15 is 0 Å². The van der Waals surface area contributed by atoms with E-state index in [-0.39, 0.29) is 12.0 Å². The van der Waals surface area contributed by atoms with Crippen molar-refractivity contribution in [3.8, 4) is 28.2 Å². The van der Waals surface area contributed by atoms with E-state index in [4.69, 9.17) is 10.2 Å². The predicted molar refractivity (Wildman–Crippen MR) is 167 cm³/mol. The number of rotatable bonds is 8. The Morgan fingerprint density at radius 2 is 1.95 bits per heavy atom. The molecule has 0 radical (unpaired) electrons. The van der Waals surface area contributed by atoms with Crippen molar-refractivity contribution in [1.29, 1.82) is 0 Å². The molecule has 0 aliphatic heterocycles. The average Bonchev–Trinajstić information content (AvgIpc) is 3.30. The van der Waals surface area contributed by atoms with Crippen LogP contribution < -0.4 is 10.7 Å². The van der Waals surface area contributed by atoms with Crippen molar-refractivity contribution in [3.63, 3.8) is 0 Å². The third-order valence-corrected chi connectivity index (χ3v) is 9.79. The molecule has 2 aromatic carbocycles. The normalized spacial score (nSPS) is 13.1. The molecule has 3 aromatic heterocycles. The third-order valence-electron chi connectivity index (χ3n) is 7.09. The van der Waals surface area contributed by atoms with Gasteiger partial charge in [-0.25, -0.2) is 27.6 Å². The van der Waals surface area contributed by atoms with Gasteiger partial charge in [-0.2, -0.15) is 5.10 Å². The number of aryl methyl sites for hydroxylation is 1. The first-order valence-electron chi connectivity index (χ1n) is 13.5. The highest BCUT2D eigenvalue weighted by molar-refractivity contribution is 7.89. The zero-order chi connectivity index (χ0) is 30.3. The second-order valence-electron chi connectivity index (χ2n) is 10.5. The van der Waals surface area contributed by atoms with Gasteiger partial charge in [-0.15, -0.1) is 22.7 Å². The Kier molecular flexibility index (Phi) is 8.08. The summed E-state index contributed by atoms with van der Waals surface area (Å²) in [5.41, 5.74) is 4.64. The summed E-state index contributed by atoms with van der Waals surface area (Å²) in [6, 6.07) is 15.7. The first-order valence-corrected chi connectivity index (χ1v) is 16.7. The SMILES string of the molecule is Cc1ccc(C#Cc2cccc(-c3c(Cc4ccc(S(N)(=O)=O)c(F)c4)c(CC4CC4)nn3-c3nc(B(O)O)cs3)c2)s1. The maximum Gasteiger partial charge on any atom is 0.509 e. The number of benzene rings is 2. The van der Waals surface area contributed by atoms with E-state index < -0.39 is 27.9 Å². The number of sulfonamides is 1. The highest BCUT2D eigenvalue weighted by atomic mass is 32.2. The second-order valence-corrected chi connectivity index (χ2v) is 14.1. The average molecular weight is 633 g/mol. The van der Waals surface area contributed by atoms with Crippen molar-refractivity contribution in [3.05, 3.63) is 97.9 Å².